The average molecular weight is 384 g/mol. The molecule has 0 radical (unpaired) electrons. The highest BCUT2D eigenvalue weighted by Crippen LogP contribution is 2.26. The van der Waals surface area contributed by atoms with Crippen molar-refractivity contribution in [1.29, 1.82) is 0 Å². The Kier molecular flexibility index (Phi) is 5.33. The zero-order valence-corrected chi connectivity index (χ0v) is 14.9. The molecule has 0 aromatic heterocycles. The molecule has 0 aliphatic heterocycles. The van der Waals surface area contributed by atoms with Crippen LogP contribution in [0.25, 0.3) is 10.8 Å². The maximum absolute atomic E-state index is 12.5. The molecule has 0 saturated carbocycles. The summed E-state index contributed by atoms with van der Waals surface area (Å²) in [5.74, 6) is -0.0646. The summed E-state index contributed by atoms with van der Waals surface area (Å²) in [6, 6.07) is 15.0. The van der Waals surface area contributed by atoms with Crippen molar-refractivity contribution >= 4 is 40.2 Å². The number of hydrogen-bond acceptors (Lipinski definition) is 5. The second-order valence-corrected chi connectivity index (χ2v) is 5.97. The van der Waals surface area contributed by atoms with Crippen molar-refractivity contribution in [2.45, 2.75) is 0 Å². The van der Waals surface area contributed by atoms with Gasteiger partial charge < -0.3 is 4.74 Å². The summed E-state index contributed by atoms with van der Waals surface area (Å²) in [6.07, 6.45) is 1.25. The van der Waals surface area contributed by atoms with E-state index < -0.39 is 10.8 Å². The van der Waals surface area contributed by atoms with Crippen LogP contribution in [-0.4, -0.2) is 24.2 Å². The number of rotatable bonds is 5. The number of halogens is 1. The van der Waals surface area contributed by atoms with E-state index in [-0.39, 0.29) is 10.7 Å². The molecule has 0 unspecified atom stereocenters. The van der Waals surface area contributed by atoms with Gasteiger partial charge in [-0.15, -0.1) is 0 Å². The van der Waals surface area contributed by atoms with Crippen molar-refractivity contribution in [2.24, 2.45) is 5.10 Å². The third-order valence-electron chi connectivity index (χ3n) is 3.87. The minimum Gasteiger partial charge on any atom is -0.496 e. The lowest BCUT2D eigenvalue weighted by Gasteiger charge is -2.09. The molecule has 8 heteroatoms. The number of ether oxygens (including phenoxy) is 1. The Morgan fingerprint density at radius 3 is 2.56 bits per heavy atom. The summed E-state index contributed by atoms with van der Waals surface area (Å²) in [7, 11) is 1.48. The zero-order valence-electron chi connectivity index (χ0n) is 14.2. The maximum Gasteiger partial charge on any atom is 0.275 e. The van der Waals surface area contributed by atoms with Crippen LogP contribution in [0.4, 0.5) is 5.69 Å². The second kappa shape index (κ2) is 7.84. The van der Waals surface area contributed by atoms with E-state index in [1.54, 1.807) is 12.1 Å². The molecular formula is C19H14ClN3O4. The Labute approximate surface area is 159 Å². The van der Waals surface area contributed by atoms with Gasteiger partial charge >= 0.3 is 0 Å². The van der Waals surface area contributed by atoms with E-state index in [2.05, 4.69) is 10.5 Å². The van der Waals surface area contributed by atoms with Crippen LogP contribution in [0.1, 0.15) is 15.9 Å². The Morgan fingerprint density at radius 1 is 1.19 bits per heavy atom. The number of nitro groups is 1. The standard InChI is InChI=1S/C19H14ClN3O4/c1-27-18-10-13-5-3-2-4-12(13)9-16(18)19(24)22-21-11-14-8-15(23(25)26)6-7-17(14)20/h2-11H,1H3,(H,22,24). The van der Waals surface area contributed by atoms with E-state index in [1.165, 1.54) is 31.5 Å². The third kappa shape index (κ3) is 4.04. The predicted molar refractivity (Wildman–Crippen MR) is 104 cm³/mol. The summed E-state index contributed by atoms with van der Waals surface area (Å²) < 4.78 is 5.29. The molecule has 0 spiro atoms. The van der Waals surface area contributed by atoms with E-state index in [0.29, 0.717) is 16.9 Å². The van der Waals surface area contributed by atoms with Crippen molar-refractivity contribution in [3.8, 4) is 5.75 Å². The van der Waals surface area contributed by atoms with E-state index >= 15 is 0 Å². The normalized spacial score (nSPS) is 10.9. The predicted octanol–water partition coefficient (Wildman–Crippen LogP) is 4.17. The van der Waals surface area contributed by atoms with Gasteiger partial charge in [-0.3, -0.25) is 14.9 Å². The fourth-order valence-corrected chi connectivity index (χ4v) is 2.70. The number of hydrazone groups is 1. The number of nitrogens with one attached hydrogen (secondary N) is 1. The SMILES string of the molecule is COc1cc2ccccc2cc1C(=O)NN=Cc1cc([N+](=O)[O-])ccc1Cl. The zero-order chi connectivity index (χ0) is 19.4. The number of nitrogens with zero attached hydrogens (tertiary/aromatic N) is 2. The van der Waals surface area contributed by atoms with Gasteiger partial charge in [-0.2, -0.15) is 5.10 Å². The Morgan fingerprint density at radius 2 is 1.89 bits per heavy atom. The average Bonchev–Trinajstić information content (AvgIpc) is 2.68. The van der Waals surface area contributed by atoms with Gasteiger partial charge in [0.2, 0.25) is 0 Å². The van der Waals surface area contributed by atoms with Crippen LogP contribution in [0.5, 0.6) is 5.75 Å². The lowest BCUT2D eigenvalue weighted by molar-refractivity contribution is -0.384. The summed E-state index contributed by atoms with van der Waals surface area (Å²) in [5.41, 5.74) is 2.90. The molecule has 1 amide bonds. The first-order valence-electron chi connectivity index (χ1n) is 7.83. The molecule has 0 heterocycles. The van der Waals surface area contributed by atoms with Crippen LogP contribution in [0.2, 0.25) is 5.02 Å². The van der Waals surface area contributed by atoms with Gasteiger partial charge in [0.05, 0.1) is 23.8 Å². The van der Waals surface area contributed by atoms with Crippen molar-refractivity contribution in [3.63, 3.8) is 0 Å². The monoisotopic (exact) mass is 383 g/mol. The fourth-order valence-electron chi connectivity index (χ4n) is 2.53. The molecule has 3 aromatic carbocycles. The van der Waals surface area contributed by atoms with Crippen molar-refractivity contribution in [2.75, 3.05) is 7.11 Å². The highest BCUT2D eigenvalue weighted by molar-refractivity contribution is 6.33. The molecule has 0 fully saturated rings. The molecule has 7 nitrogen and oxygen atoms in total. The minimum atomic E-state index is -0.536. The van der Waals surface area contributed by atoms with Gasteiger partial charge in [-0.05, 0) is 29.0 Å². The lowest BCUT2D eigenvalue weighted by Crippen LogP contribution is -2.18. The van der Waals surface area contributed by atoms with Gasteiger partial charge in [0, 0.05) is 22.7 Å². The highest BCUT2D eigenvalue weighted by atomic mass is 35.5. The number of methoxy groups -OCH3 is 1. The molecule has 0 bridgehead atoms. The van der Waals surface area contributed by atoms with E-state index in [1.807, 2.05) is 24.3 Å². The van der Waals surface area contributed by atoms with Crippen LogP contribution in [0.15, 0.2) is 59.7 Å². The Bertz CT molecular complexity index is 1070. The van der Waals surface area contributed by atoms with Crippen LogP contribution in [-0.2, 0) is 0 Å². The number of nitro benzene ring substituents is 1. The van der Waals surface area contributed by atoms with Crippen LogP contribution in [0, 0.1) is 10.1 Å². The number of hydrogen-bond donors (Lipinski definition) is 1. The second-order valence-electron chi connectivity index (χ2n) is 5.56. The quantitative estimate of drug-likeness (QED) is 0.406. The maximum atomic E-state index is 12.5. The molecule has 0 saturated heterocycles. The van der Waals surface area contributed by atoms with Gasteiger partial charge in [-0.1, -0.05) is 35.9 Å². The first kappa shape index (κ1) is 18.3. The number of carbonyl (C=O) groups is 1. The van der Waals surface area contributed by atoms with Gasteiger partial charge in [0.25, 0.3) is 11.6 Å². The number of carbonyl (C=O) groups excluding carboxylic acids is 1. The molecule has 3 aromatic rings. The summed E-state index contributed by atoms with van der Waals surface area (Å²) in [5, 5.41) is 16.8. The molecule has 3 rings (SSSR count). The first-order chi connectivity index (χ1) is 13.0. The molecule has 136 valence electrons. The van der Waals surface area contributed by atoms with Crippen molar-refractivity contribution in [1.82, 2.24) is 5.43 Å². The van der Waals surface area contributed by atoms with Gasteiger partial charge in [0.15, 0.2) is 0 Å². The largest absolute Gasteiger partial charge is 0.496 e. The van der Waals surface area contributed by atoms with E-state index in [9.17, 15) is 14.9 Å². The van der Waals surface area contributed by atoms with Crippen LogP contribution in [0.3, 0.4) is 0 Å². The molecular weight excluding hydrogens is 370 g/mol. The molecule has 27 heavy (non-hydrogen) atoms. The van der Waals surface area contributed by atoms with Gasteiger partial charge in [0.1, 0.15) is 5.75 Å². The molecule has 0 aliphatic carbocycles. The third-order valence-corrected chi connectivity index (χ3v) is 4.22. The summed E-state index contributed by atoms with van der Waals surface area (Å²) >= 11 is 6.00. The summed E-state index contributed by atoms with van der Waals surface area (Å²) in [4.78, 5) is 22.8. The molecule has 0 atom stereocenters. The van der Waals surface area contributed by atoms with Crippen molar-refractivity contribution in [3.05, 3.63) is 80.9 Å². The highest BCUT2D eigenvalue weighted by Gasteiger charge is 2.13. The molecule has 1 N–H and O–H groups in total. The van der Waals surface area contributed by atoms with Crippen molar-refractivity contribution < 1.29 is 14.5 Å². The summed E-state index contributed by atoms with van der Waals surface area (Å²) in [6.45, 7) is 0. The first-order valence-corrected chi connectivity index (χ1v) is 8.21. The number of amides is 1. The van der Waals surface area contributed by atoms with Crippen LogP contribution >= 0.6 is 11.6 Å². The topological polar surface area (TPSA) is 93.8 Å². The Balaban J connectivity index is 1.84. The molecule has 0 aliphatic rings. The van der Waals surface area contributed by atoms with Crippen LogP contribution < -0.4 is 10.2 Å². The minimum absolute atomic E-state index is 0.122. The fraction of sp³-hybridized carbons (Fsp3) is 0.0526. The lowest BCUT2D eigenvalue weighted by atomic mass is 10.1. The van der Waals surface area contributed by atoms with E-state index in [4.69, 9.17) is 16.3 Å². The smallest absolute Gasteiger partial charge is 0.275 e. The van der Waals surface area contributed by atoms with Gasteiger partial charge in [-0.25, -0.2) is 5.43 Å². The number of fused-ring (bicyclic) bond motifs is 1. The van der Waals surface area contributed by atoms with E-state index in [0.717, 1.165) is 10.8 Å². The number of non-ortho nitro benzene ring substituents is 1. The number of benzene rings is 3. The Hall–Kier alpha value is -3.45.